The number of halogens is 6. The van der Waals surface area contributed by atoms with Gasteiger partial charge in [0, 0.05) is 49.6 Å². The zero-order chi connectivity index (χ0) is 53.2. The average molecular weight is 999 g/mol. The first-order valence-electron chi connectivity index (χ1n) is 25.0. The molecular weight excluding hydrogens is 939 g/mol. The van der Waals surface area contributed by atoms with E-state index in [4.69, 9.17) is 9.97 Å². The summed E-state index contributed by atoms with van der Waals surface area (Å²) in [6, 6.07) is 33.5. The van der Waals surface area contributed by atoms with Crippen LogP contribution in [0.2, 0.25) is 0 Å². The number of hydrogen-bond donors (Lipinski definition) is 2. The Bertz CT molecular complexity index is 3750. The summed E-state index contributed by atoms with van der Waals surface area (Å²) in [5.74, 6) is 0. The maximum Gasteiger partial charge on any atom is 0.416 e. The second kappa shape index (κ2) is 17.2. The lowest BCUT2D eigenvalue weighted by atomic mass is 9.79. The summed E-state index contributed by atoms with van der Waals surface area (Å²) in [7, 11) is 0. The summed E-state index contributed by atoms with van der Waals surface area (Å²) in [6.07, 6.45) is -3.36. The molecule has 0 amide bonds. The number of aromatic nitrogens is 4. The van der Waals surface area contributed by atoms with Crippen LogP contribution < -0.4 is 10.6 Å². The molecule has 10 heteroatoms. The SMILES string of the molecule is CC(C)(C)c1cc(-c2c3nc(c4c5nc(c(-c6cc(C(C)(C)C)cc(C(C)(C)C)c6)c6ccc(cc7ccc2[nH]7)[nH]6)=CC5=C(c2ccc(C(F)(F)F)cc2)C=4c2ccc(C(F)(F)F)cc2)C=C3)cc(C(C)(C)C)c1. The van der Waals surface area contributed by atoms with Gasteiger partial charge in [0.25, 0.3) is 0 Å². The lowest BCUT2D eigenvalue weighted by molar-refractivity contribution is -0.138. The van der Waals surface area contributed by atoms with E-state index < -0.39 is 23.5 Å². The second-order valence-electron chi connectivity index (χ2n) is 24.0. The highest BCUT2D eigenvalue weighted by Crippen LogP contribution is 2.45. The predicted molar refractivity (Wildman–Crippen MR) is 292 cm³/mol. The Hall–Kier alpha value is -7.20. The Labute approximate surface area is 428 Å². The molecule has 4 aromatic carbocycles. The van der Waals surface area contributed by atoms with Gasteiger partial charge in [-0.1, -0.05) is 144 Å². The normalized spacial score (nSPS) is 14.3. The van der Waals surface area contributed by atoms with Crippen molar-refractivity contribution in [2.45, 2.75) is 117 Å². The van der Waals surface area contributed by atoms with E-state index in [9.17, 15) is 26.3 Å². The third-order valence-corrected chi connectivity index (χ3v) is 14.4. The number of nitrogens with zero attached hydrogens (tertiary/aromatic N) is 2. The Balaban J connectivity index is 1.43. The van der Waals surface area contributed by atoms with Crippen LogP contribution in [0.3, 0.4) is 0 Å². The minimum atomic E-state index is -4.61. The number of hydrogen-bond acceptors (Lipinski definition) is 2. The van der Waals surface area contributed by atoms with Gasteiger partial charge in [-0.05, 0) is 145 Å². The maximum absolute atomic E-state index is 14.2. The van der Waals surface area contributed by atoms with Crippen molar-refractivity contribution in [1.29, 1.82) is 0 Å². The zero-order valence-electron chi connectivity index (χ0n) is 43.9. The van der Waals surface area contributed by atoms with Crippen molar-refractivity contribution in [3.8, 4) is 22.3 Å². The maximum atomic E-state index is 14.2. The summed E-state index contributed by atoms with van der Waals surface area (Å²) in [5, 5.41) is 1.15. The molecule has 74 heavy (non-hydrogen) atoms. The van der Waals surface area contributed by atoms with E-state index in [-0.39, 0.29) is 21.7 Å². The lowest BCUT2D eigenvalue weighted by Crippen LogP contribution is -2.18. The fraction of sp³-hybridized carbons (Fsp3) is 0.281. The van der Waals surface area contributed by atoms with Gasteiger partial charge in [-0.2, -0.15) is 26.3 Å². The minimum absolute atomic E-state index is 0.203. The van der Waals surface area contributed by atoms with Crippen LogP contribution in [0.5, 0.6) is 0 Å². The van der Waals surface area contributed by atoms with Gasteiger partial charge in [0.15, 0.2) is 0 Å². The van der Waals surface area contributed by atoms with E-state index in [0.717, 1.165) is 90.8 Å². The van der Waals surface area contributed by atoms with Crippen LogP contribution in [0.4, 0.5) is 26.3 Å². The van der Waals surface area contributed by atoms with E-state index in [0.29, 0.717) is 55.5 Å². The molecule has 3 aromatic heterocycles. The van der Waals surface area contributed by atoms with E-state index >= 15 is 0 Å². The van der Waals surface area contributed by atoms with Gasteiger partial charge in [0.2, 0.25) is 0 Å². The predicted octanol–water partition coefficient (Wildman–Crippen LogP) is 16.7. The highest BCUT2D eigenvalue weighted by atomic mass is 19.4. The molecule has 4 nitrogen and oxygen atoms in total. The Morgan fingerprint density at radius 3 is 1.22 bits per heavy atom. The molecule has 0 unspecified atom stereocenters. The Morgan fingerprint density at radius 2 is 0.784 bits per heavy atom. The van der Waals surface area contributed by atoms with E-state index in [1.165, 1.54) is 24.3 Å². The molecule has 7 aromatic rings. The van der Waals surface area contributed by atoms with Crippen molar-refractivity contribution in [2.24, 2.45) is 0 Å². The number of allylic oxidation sites excluding steroid dienone is 2. The lowest BCUT2D eigenvalue weighted by Gasteiger charge is -2.26. The molecule has 0 atom stereocenters. The van der Waals surface area contributed by atoms with Crippen LogP contribution in [0.25, 0.3) is 79.3 Å². The number of aromatic amines is 2. The number of rotatable bonds is 4. The standard InChI is InChI=1S/C64H60F6N4/c1-59(2,3)41-27-37(28-42(31-41)60(4,5)6)54-48-23-21-45(71-48)33-46-22-24-49(72-46)55(38-29-43(61(7,8)9)32-44(30-38)62(10,11)12)52-34-47-53(35-13-17-39(18-14-35)63(65,66)67)56(36-15-19-40(20-16-36)64(68,69)70)57(58(47)74-52)51-26-25-50(54)73-51/h13-34,71-72H,1-12H3. The minimum Gasteiger partial charge on any atom is -0.355 e. The first kappa shape index (κ1) is 50.3. The quantitative estimate of drug-likeness (QED) is 0.173. The number of benzene rings is 4. The van der Waals surface area contributed by atoms with Gasteiger partial charge in [0.05, 0.1) is 33.6 Å². The fourth-order valence-corrected chi connectivity index (χ4v) is 10.0. The van der Waals surface area contributed by atoms with Gasteiger partial charge in [-0.15, -0.1) is 0 Å². The molecule has 5 heterocycles. The number of H-pyrrole nitrogens is 2. The van der Waals surface area contributed by atoms with Gasteiger partial charge in [-0.25, -0.2) is 9.97 Å². The molecule has 10 rings (SSSR count). The molecule has 0 saturated carbocycles. The summed E-state index contributed by atoms with van der Waals surface area (Å²) >= 11 is 0. The third kappa shape index (κ3) is 9.37. The van der Waals surface area contributed by atoms with Crippen LogP contribution in [0, 0.1) is 0 Å². The topological polar surface area (TPSA) is 57.4 Å². The third-order valence-electron chi connectivity index (χ3n) is 14.4. The molecule has 8 bridgehead atoms. The van der Waals surface area contributed by atoms with E-state index in [1.807, 2.05) is 36.4 Å². The van der Waals surface area contributed by atoms with Crippen LogP contribution in [-0.4, -0.2) is 19.9 Å². The van der Waals surface area contributed by atoms with Crippen molar-refractivity contribution >= 4 is 57.0 Å². The molecule has 1 aliphatic carbocycles. The Morgan fingerprint density at radius 1 is 0.378 bits per heavy atom. The zero-order valence-corrected chi connectivity index (χ0v) is 43.9. The van der Waals surface area contributed by atoms with Crippen LogP contribution in [0.1, 0.15) is 145 Å². The number of nitrogens with one attached hydrogen (secondary N) is 2. The van der Waals surface area contributed by atoms with Crippen molar-refractivity contribution in [3.05, 3.63) is 187 Å². The van der Waals surface area contributed by atoms with Gasteiger partial charge in [0.1, 0.15) is 0 Å². The molecule has 2 N–H and O–H groups in total. The summed E-state index contributed by atoms with van der Waals surface area (Å²) in [4.78, 5) is 18.5. The van der Waals surface area contributed by atoms with Crippen molar-refractivity contribution in [1.82, 2.24) is 19.9 Å². The monoisotopic (exact) mass is 998 g/mol. The smallest absolute Gasteiger partial charge is 0.355 e. The largest absolute Gasteiger partial charge is 0.416 e. The van der Waals surface area contributed by atoms with E-state index in [1.54, 1.807) is 0 Å². The van der Waals surface area contributed by atoms with Gasteiger partial charge in [-0.3, -0.25) is 0 Å². The van der Waals surface area contributed by atoms with E-state index in [2.05, 4.69) is 142 Å². The molecule has 3 aliphatic rings. The molecule has 378 valence electrons. The first-order chi connectivity index (χ1) is 34.4. The summed E-state index contributed by atoms with van der Waals surface area (Å²) in [5.41, 5.74) is 13.0. The van der Waals surface area contributed by atoms with Crippen LogP contribution >= 0.6 is 0 Å². The molecule has 0 radical (unpaired) electrons. The number of alkyl halides is 6. The fourth-order valence-electron chi connectivity index (χ4n) is 10.0. The first-order valence-corrected chi connectivity index (χ1v) is 25.0. The molecule has 2 aliphatic heterocycles. The molecule has 0 saturated heterocycles. The van der Waals surface area contributed by atoms with Crippen molar-refractivity contribution in [2.75, 3.05) is 0 Å². The second-order valence-corrected chi connectivity index (χ2v) is 24.0. The highest BCUT2D eigenvalue weighted by Gasteiger charge is 2.35. The van der Waals surface area contributed by atoms with Gasteiger partial charge >= 0.3 is 12.4 Å². The average Bonchev–Trinajstić information content (AvgIpc) is 4.16. The molecular formula is C64H60F6N4. The van der Waals surface area contributed by atoms with Crippen molar-refractivity contribution < 1.29 is 26.3 Å². The summed E-state index contributed by atoms with van der Waals surface area (Å²) < 4.78 is 85.4. The summed E-state index contributed by atoms with van der Waals surface area (Å²) in [6.45, 7) is 26.3. The Kier molecular flexibility index (Phi) is 11.7. The van der Waals surface area contributed by atoms with Crippen LogP contribution in [-0.2, 0) is 34.0 Å². The van der Waals surface area contributed by atoms with Gasteiger partial charge < -0.3 is 9.97 Å². The van der Waals surface area contributed by atoms with Crippen molar-refractivity contribution in [3.63, 3.8) is 0 Å². The van der Waals surface area contributed by atoms with Crippen LogP contribution in [0.15, 0.2) is 115 Å². The molecule has 0 spiro atoms. The highest BCUT2D eigenvalue weighted by molar-refractivity contribution is 6.24. The molecule has 0 fully saturated rings. The number of fused-ring (bicyclic) bond motifs is 8.